The summed E-state index contributed by atoms with van der Waals surface area (Å²) < 4.78 is 67.5. The van der Waals surface area contributed by atoms with Crippen LogP contribution in [-0.2, 0) is 57.4 Å². The highest BCUT2D eigenvalue weighted by molar-refractivity contribution is 6.32. The summed E-state index contributed by atoms with van der Waals surface area (Å²) in [7, 11) is 0. The van der Waals surface area contributed by atoms with Gasteiger partial charge in [0.15, 0.2) is 23.9 Å². The number of carboxylic acid groups (broad SMARTS) is 1. The van der Waals surface area contributed by atoms with Gasteiger partial charge in [0.25, 0.3) is 0 Å². The van der Waals surface area contributed by atoms with Crippen LogP contribution in [0.3, 0.4) is 0 Å². The Morgan fingerprint density at radius 1 is 0.661 bits per heavy atom. The molecule has 2 fully saturated rings. The first-order valence-electron chi connectivity index (χ1n) is 36.8. The molecule has 39 heteroatoms. The van der Waals surface area contributed by atoms with Crippen LogP contribution in [0.1, 0.15) is 105 Å². The highest BCUT2D eigenvalue weighted by Gasteiger charge is 2.52. The Morgan fingerprint density at radius 2 is 1.25 bits per heavy atom. The molecule has 0 unspecified atom stereocenters. The molecule has 0 saturated carbocycles. The number of anilines is 2. The maximum Gasteiger partial charge on any atom is 0.322 e. The van der Waals surface area contributed by atoms with Crippen LogP contribution in [0.5, 0.6) is 46.0 Å². The second kappa shape index (κ2) is 35.6. The third kappa shape index (κ3) is 18.9. The van der Waals surface area contributed by atoms with E-state index in [1.807, 2.05) is 0 Å². The topological polar surface area (TPSA) is 546 Å². The molecule has 21 N–H and O–H groups in total. The second-order valence-electron chi connectivity index (χ2n) is 29.4. The number of carbonyl (C=O) groups is 9. The molecule has 7 aliphatic heterocycles. The lowest BCUT2D eigenvalue weighted by atomic mass is 9.84. The number of hydrogen-bond donors (Lipinski definition) is 20. The number of fused-ring (bicyclic) bond motifs is 15. The van der Waals surface area contributed by atoms with Gasteiger partial charge in [-0.3, -0.25) is 43.2 Å². The van der Waals surface area contributed by atoms with Crippen molar-refractivity contribution >= 4 is 87.8 Å². The van der Waals surface area contributed by atoms with Crippen molar-refractivity contribution in [1.29, 1.82) is 0 Å². The van der Waals surface area contributed by atoms with E-state index in [4.69, 9.17) is 57.4 Å². The number of amides is 8. The van der Waals surface area contributed by atoms with E-state index in [-0.39, 0.29) is 35.6 Å². The Hall–Kier alpha value is -11.8. The summed E-state index contributed by atoms with van der Waals surface area (Å²) in [5.74, 6) is -19.3. The standard InChI is InChI=1S/C79H82Cl2F2N10O25/c1-31(2)19-46(86-39-12-8-37(82)9-13-39)71(106)91-62-64(101)34-6-17-50(44(80)21-34)114-52-23-36-24-53(68(52)118-78-69(67(104)66(103)54(30-94)116-78)117-57-28-79(4,70(105)32(3)113-57)93-40-14-10-38(83)11-15-40)115-51-18-7-35(22-45(51)81)65(102)63-77(112)90-61(73(108)85-29-56(99)100)43-25-41(95)26-49(97)58(43)42-20-33(5-16-48(42)96)59(74(109)92-63)89-75(110)60(36)88-72(107)47(27-55(84)98)87-76(62)111/h5-18,20-26,31-32,46-47,54,57,59-67,69-70,78,86,93-97,101-105H,19,27-30H2,1-4H3,(H2,84,98)(H,85,108)(H,87,111)(H,88,107)(H,89,110)(H,90,112)(H,91,106)(H,92,109)(H,99,100)/t32-,46+,47-,54-,57-,59+,60+,61-,62+,63-,64+,65+,66+,67-,69-,70+,78-,79-/m0/s1. The number of phenols is 3. The van der Waals surface area contributed by atoms with Gasteiger partial charge < -0.3 is 133 Å². The number of nitrogens with two attached hydrogens (primary N) is 1. The number of aliphatic hydroxyl groups excluding tert-OH is 6. The van der Waals surface area contributed by atoms with Crippen molar-refractivity contribution in [2.24, 2.45) is 11.7 Å². The molecule has 7 aromatic carbocycles. The number of aromatic hydroxyl groups is 3. The molecule has 8 amide bonds. The van der Waals surface area contributed by atoms with Gasteiger partial charge in [-0.15, -0.1) is 0 Å². The van der Waals surface area contributed by atoms with Crippen molar-refractivity contribution < 1.29 is 131 Å². The highest BCUT2D eigenvalue weighted by Crippen LogP contribution is 2.50. The Morgan fingerprint density at radius 3 is 1.86 bits per heavy atom. The van der Waals surface area contributed by atoms with Gasteiger partial charge in [-0.2, -0.15) is 0 Å². The third-order valence-electron chi connectivity index (χ3n) is 20.3. The number of primary amides is 1. The molecule has 11 bridgehead atoms. The van der Waals surface area contributed by atoms with Gasteiger partial charge in [0.2, 0.25) is 59.3 Å². The van der Waals surface area contributed by atoms with Gasteiger partial charge >= 0.3 is 5.97 Å². The van der Waals surface area contributed by atoms with Crippen LogP contribution in [-0.4, -0.2) is 196 Å². The molecule has 2 saturated heterocycles. The van der Waals surface area contributed by atoms with Gasteiger partial charge in [0, 0.05) is 35.0 Å². The van der Waals surface area contributed by atoms with Crippen molar-refractivity contribution in [2.75, 3.05) is 23.8 Å². The van der Waals surface area contributed by atoms with Crippen LogP contribution in [0.2, 0.25) is 10.0 Å². The smallest absolute Gasteiger partial charge is 0.322 e. The van der Waals surface area contributed by atoms with Gasteiger partial charge in [0.1, 0.15) is 126 Å². The number of nitrogens with one attached hydrogen (secondary N) is 9. The zero-order chi connectivity index (χ0) is 85.2. The number of carbonyl (C=O) groups excluding carboxylic acids is 8. The predicted octanol–water partition coefficient (Wildman–Crippen LogP) is 3.55. The summed E-state index contributed by atoms with van der Waals surface area (Å²) in [4.78, 5) is 132. The maximum atomic E-state index is 16.3. The molecular formula is C79H82Cl2F2N10O25. The monoisotopic (exact) mass is 1680 g/mol. The lowest BCUT2D eigenvalue weighted by molar-refractivity contribution is -0.332. The van der Waals surface area contributed by atoms with Crippen LogP contribution in [0.4, 0.5) is 20.2 Å². The second-order valence-corrected chi connectivity index (χ2v) is 30.2. The van der Waals surface area contributed by atoms with Crippen LogP contribution < -0.4 is 67.8 Å². The molecule has 14 rings (SSSR count). The molecule has 0 aliphatic carbocycles. The minimum Gasteiger partial charge on any atom is -0.508 e. The zero-order valence-corrected chi connectivity index (χ0v) is 64.2. The largest absolute Gasteiger partial charge is 0.508 e. The average molecular weight is 1680 g/mol. The van der Waals surface area contributed by atoms with Gasteiger partial charge in [-0.25, -0.2) is 8.78 Å². The van der Waals surface area contributed by atoms with E-state index in [0.29, 0.717) is 5.69 Å². The van der Waals surface area contributed by atoms with Crippen LogP contribution >= 0.6 is 23.2 Å². The van der Waals surface area contributed by atoms with Crippen LogP contribution in [0, 0.1) is 17.6 Å². The molecule has 35 nitrogen and oxygen atoms in total. The minimum absolute atomic E-state index is 0.0382. The van der Waals surface area contributed by atoms with E-state index >= 15 is 24.0 Å². The number of ether oxygens (including phenoxy) is 6. The molecule has 626 valence electrons. The fourth-order valence-corrected chi connectivity index (χ4v) is 14.8. The summed E-state index contributed by atoms with van der Waals surface area (Å²) in [5, 5.41) is 138. The van der Waals surface area contributed by atoms with Crippen molar-refractivity contribution in [3.8, 4) is 57.1 Å². The molecular weight excluding hydrogens is 1600 g/mol. The van der Waals surface area contributed by atoms with Gasteiger partial charge in [0.05, 0.1) is 34.7 Å². The van der Waals surface area contributed by atoms with E-state index < -0.39 is 278 Å². The van der Waals surface area contributed by atoms with Crippen LogP contribution in [0.15, 0.2) is 127 Å². The quantitative estimate of drug-likeness (QED) is 0.0584. The molecule has 0 spiro atoms. The van der Waals surface area contributed by atoms with E-state index in [0.717, 1.165) is 84.9 Å². The van der Waals surface area contributed by atoms with Crippen molar-refractivity contribution in [3.63, 3.8) is 0 Å². The Bertz CT molecular complexity index is 5040. The van der Waals surface area contributed by atoms with Crippen molar-refractivity contribution in [1.82, 2.24) is 37.2 Å². The van der Waals surface area contributed by atoms with E-state index in [1.165, 1.54) is 49.4 Å². The first-order valence-corrected chi connectivity index (χ1v) is 37.5. The molecule has 0 radical (unpaired) electrons. The number of carboxylic acids is 1. The minimum atomic E-state index is -2.44. The maximum absolute atomic E-state index is 16.3. The highest BCUT2D eigenvalue weighted by atomic mass is 35.5. The number of halogens is 4. The summed E-state index contributed by atoms with van der Waals surface area (Å²) in [6, 6.07) is 8.30. The molecule has 7 aliphatic rings. The van der Waals surface area contributed by atoms with Crippen molar-refractivity contribution in [2.45, 2.75) is 156 Å². The fourth-order valence-electron chi connectivity index (χ4n) is 14.3. The lowest BCUT2D eigenvalue weighted by Crippen LogP contribution is -2.64. The molecule has 7 heterocycles. The first kappa shape index (κ1) is 85.6. The van der Waals surface area contributed by atoms with Crippen molar-refractivity contribution in [3.05, 3.63) is 177 Å². The Balaban J connectivity index is 1.07. The number of aliphatic hydroxyl groups is 6. The van der Waals surface area contributed by atoms with E-state index in [2.05, 4.69) is 47.9 Å². The van der Waals surface area contributed by atoms with Crippen LogP contribution in [0.25, 0.3) is 11.1 Å². The van der Waals surface area contributed by atoms with E-state index in [1.54, 1.807) is 20.8 Å². The number of phenolic OH excluding ortho intramolecular Hbond substituents is 3. The SMILES string of the molecule is CC(C)C[C@@H](Nc1ccc(F)cc1)C(=O)N[C@H]1C(=O)N[C@@H](CC(N)=O)C(=O)N[C@H]2C(=O)N[C@H]3C(=O)N[C@H](C(=O)N[C@H](C(=O)NCC(=O)O)c4cc(O)cc(O)c4-c4cc3ccc4O)[C@H](O)c3ccc(c(Cl)c3)Oc3cc2cc(c3O[C@@H]2O[C@@H](CO)[C@@H](O)[C@H](O)[C@@H]2O[C@H]2C[C@](C)(Nc3ccc(F)cc3)[C@H](O)[C@H](C)O2)Oc2ccc(cc2Cl)[C@H]1O. The summed E-state index contributed by atoms with van der Waals surface area (Å²) in [6.07, 6.45) is -19.8. The summed E-state index contributed by atoms with van der Waals surface area (Å²) >= 11 is 14.3. The number of hydrogen-bond acceptors (Lipinski definition) is 26. The normalized spacial score (nSPS) is 26.7. The number of rotatable bonds is 18. The Labute approximate surface area is 679 Å². The van der Waals surface area contributed by atoms with Gasteiger partial charge in [-0.05, 0) is 157 Å². The molecule has 18 atom stereocenters. The average Bonchev–Trinajstić information content (AvgIpc) is 0.765. The summed E-state index contributed by atoms with van der Waals surface area (Å²) in [5.41, 5.74) is 1.86. The third-order valence-corrected chi connectivity index (χ3v) is 20.9. The van der Waals surface area contributed by atoms with E-state index in [9.17, 15) is 79.0 Å². The Kier molecular flexibility index (Phi) is 25.8. The predicted molar refractivity (Wildman–Crippen MR) is 409 cm³/mol. The zero-order valence-electron chi connectivity index (χ0n) is 62.7. The number of aliphatic carboxylic acids is 1. The lowest BCUT2D eigenvalue weighted by Gasteiger charge is -2.48. The molecule has 118 heavy (non-hydrogen) atoms. The first-order chi connectivity index (χ1) is 55.9. The fraction of sp³-hybridized carbons (Fsp3) is 0.354. The van der Waals surface area contributed by atoms with Gasteiger partial charge in [-0.1, -0.05) is 55.2 Å². The molecule has 7 aromatic rings. The molecule has 0 aromatic heterocycles. The summed E-state index contributed by atoms with van der Waals surface area (Å²) in [6.45, 7) is 4.49. The number of benzene rings is 7.